The summed E-state index contributed by atoms with van der Waals surface area (Å²) < 4.78 is 1.39. The molecule has 2 aromatic heterocycles. The number of carbonyl (C=O) groups excluding carboxylic acids is 1. The molecule has 0 radical (unpaired) electrons. The predicted octanol–water partition coefficient (Wildman–Crippen LogP) is 0.0534. The summed E-state index contributed by atoms with van der Waals surface area (Å²) >= 11 is 1.49. The molecule has 0 unspecified atom stereocenters. The van der Waals surface area contributed by atoms with Crippen LogP contribution in [-0.4, -0.2) is 67.7 Å². The predicted molar refractivity (Wildman–Crippen MR) is 92.6 cm³/mol. The van der Waals surface area contributed by atoms with Gasteiger partial charge in [0.2, 0.25) is 10.9 Å². The van der Waals surface area contributed by atoms with Crippen molar-refractivity contribution in [3.8, 4) is 0 Å². The third-order valence-electron chi connectivity index (χ3n) is 4.66. The van der Waals surface area contributed by atoms with E-state index in [-0.39, 0.29) is 11.5 Å². The first-order chi connectivity index (χ1) is 12.0. The van der Waals surface area contributed by atoms with Crippen molar-refractivity contribution in [2.24, 2.45) is 0 Å². The van der Waals surface area contributed by atoms with Gasteiger partial charge in [0.05, 0.1) is 11.8 Å². The van der Waals surface area contributed by atoms with Gasteiger partial charge in [-0.25, -0.2) is 4.98 Å². The Balaban J connectivity index is 1.53. The topological polar surface area (TPSA) is 91.0 Å². The van der Waals surface area contributed by atoms with Crippen LogP contribution in [-0.2, 0) is 11.3 Å². The third-order valence-corrected chi connectivity index (χ3v) is 5.73. The fourth-order valence-corrected chi connectivity index (χ4v) is 4.25. The van der Waals surface area contributed by atoms with Crippen molar-refractivity contribution in [1.82, 2.24) is 24.4 Å². The van der Waals surface area contributed by atoms with Crippen LogP contribution in [0.25, 0.3) is 4.96 Å². The minimum atomic E-state index is -0.596. The van der Waals surface area contributed by atoms with Gasteiger partial charge in [-0.1, -0.05) is 11.3 Å². The Morgan fingerprint density at radius 2 is 2.16 bits per heavy atom. The normalized spacial score (nSPS) is 22.3. The molecule has 2 fully saturated rings. The summed E-state index contributed by atoms with van der Waals surface area (Å²) in [6.07, 6.45) is 1.68. The van der Waals surface area contributed by atoms with E-state index in [1.54, 1.807) is 4.90 Å². The molecule has 1 aliphatic heterocycles. The molecular formula is C16H21N5O3S. The molecule has 0 spiro atoms. The summed E-state index contributed by atoms with van der Waals surface area (Å²) in [5.41, 5.74) is 0.517. The molecule has 9 heteroatoms. The molecule has 25 heavy (non-hydrogen) atoms. The van der Waals surface area contributed by atoms with Gasteiger partial charge in [-0.3, -0.25) is 14.5 Å². The lowest BCUT2D eigenvalue weighted by Gasteiger charge is -2.20. The second-order valence-corrected chi connectivity index (χ2v) is 7.84. The highest BCUT2D eigenvalue weighted by molar-refractivity contribution is 7.16. The summed E-state index contributed by atoms with van der Waals surface area (Å²) in [4.78, 5) is 32.8. The maximum Gasteiger partial charge on any atom is 0.275 e. The van der Waals surface area contributed by atoms with Gasteiger partial charge >= 0.3 is 0 Å². The van der Waals surface area contributed by atoms with Crippen molar-refractivity contribution < 1.29 is 9.90 Å². The molecule has 1 amide bonds. The molecule has 1 saturated heterocycles. The quantitative estimate of drug-likeness (QED) is 0.829. The Morgan fingerprint density at radius 3 is 2.88 bits per heavy atom. The Bertz CT molecular complexity index is 859. The zero-order chi connectivity index (χ0) is 17.6. The first-order valence-corrected chi connectivity index (χ1v) is 9.37. The Kier molecular flexibility index (Phi) is 4.30. The van der Waals surface area contributed by atoms with Crippen LogP contribution in [0, 0.1) is 0 Å². The van der Waals surface area contributed by atoms with Gasteiger partial charge < -0.3 is 10.0 Å². The SMILES string of the molecule is CC(=O)N1CCN(Cc2cc(=O)n3nc(C4CC4)sc3n2)C[C@@H](O)C1. The van der Waals surface area contributed by atoms with Gasteiger partial charge in [-0.15, -0.1) is 0 Å². The Hall–Kier alpha value is -1.84. The third kappa shape index (κ3) is 3.58. The van der Waals surface area contributed by atoms with Gasteiger partial charge in [-0.2, -0.15) is 9.61 Å². The molecule has 0 bridgehead atoms. The van der Waals surface area contributed by atoms with Gasteiger partial charge in [0.15, 0.2) is 0 Å². The average Bonchev–Trinajstić information content (AvgIpc) is 3.32. The maximum atomic E-state index is 12.3. The largest absolute Gasteiger partial charge is 0.390 e. The number of carbonyl (C=O) groups is 1. The summed E-state index contributed by atoms with van der Waals surface area (Å²) in [5.74, 6) is 0.462. The molecule has 8 nitrogen and oxygen atoms in total. The molecule has 1 aliphatic carbocycles. The first-order valence-electron chi connectivity index (χ1n) is 8.55. The number of rotatable bonds is 3. The van der Waals surface area contributed by atoms with Crippen LogP contribution in [0.3, 0.4) is 0 Å². The summed E-state index contributed by atoms with van der Waals surface area (Å²) in [5, 5.41) is 15.5. The van der Waals surface area contributed by atoms with Crippen molar-refractivity contribution in [1.29, 1.82) is 0 Å². The number of hydrogen-bond donors (Lipinski definition) is 1. The van der Waals surface area contributed by atoms with Crippen molar-refractivity contribution in [2.75, 3.05) is 26.2 Å². The number of hydrogen-bond acceptors (Lipinski definition) is 7. The zero-order valence-corrected chi connectivity index (χ0v) is 14.9. The van der Waals surface area contributed by atoms with Crippen LogP contribution >= 0.6 is 11.3 Å². The smallest absolute Gasteiger partial charge is 0.275 e. The summed E-state index contributed by atoms with van der Waals surface area (Å²) in [6.45, 7) is 4.01. The fourth-order valence-electron chi connectivity index (χ4n) is 3.16. The number of aromatic nitrogens is 3. The fraction of sp³-hybridized carbons (Fsp3) is 0.625. The summed E-state index contributed by atoms with van der Waals surface area (Å²) in [6, 6.07) is 1.52. The second kappa shape index (κ2) is 6.47. The highest BCUT2D eigenvalue weighted by atomic mass is 32.1. The van der Waals surface area contributed by atoms with E-state index in [1.807, 2.05) is 4.90 Å². The summed E-state index contributed by atoms with van der Waals surface area (Å²) in [7, 11) is 0. The molecule has 1 atom stereocenters. The zero-order valence-electron chi connectivity index (χ0n) is 14.1. The van der Waals surface area contributed by atoms with Crippen molar-refractivity contribution >= 4 is 22.2 Å². The maximum absolute atomic E-state index is 12.3. The van der Waals surface area contributed by atoms with E-state index in [1.165, 1.54) is 28.8 Å². The van der Waals surface area contributed by atoms with Crippen LogP contribution in [0.1, 0.15) is 36.4 Å². The van der Waals surface area contributed by atoms with Gasteiger partial charge in [-0.05, 0) is 12.8 Å². The van der Waals surface area contributed by atoms with Crippen LogP contribution in [0.4, 0.5) is 0 Å². The van der Waals surface area contributed by atoms with E-state index >= 15 is 0 Å². The highest BCUT2D eigenvalue weighted by Gasteiger charge is 2.28. The lowest BCUT2D eigenvalue weighted by atomic mass is 10.3. The monoisotopic (exact) mass is 363 g/mol. The van der Waals surface area contributed by atoms with E-state index < -0.39 is 6.10 Å². The Morgan fingerprint density at radius 1 is 1.36 bits per heavy atom. The van der Waals surface area contributed by atoms with E-state index in [4.69, 9.17) is 0 Å². The van der Waals surface area contributed by atoms with Crippen LogP contribution in [0.15, 0.2) is 10.9 Å². The van der Waals surface area contributed by atoms with Crippen LogP contribution in [0.5, 0.6) is 0 Å². The molecule has 2 aliphatic rings. The molecule has 1 N–H and O–H groups in total. The number of aliphatic hydroxyl groups is 1. The molecular weight excluding hydrogens is 342 g/mol. The highest BCUT2D eigenvalue weighted by Crippen LogP contribution is 2.41. The lowest BCUT2D eigenvalue weighted by molar-refractivity contribution is -0.129. The van der Waals surface area contributed by atoms with Crippen molar-refractivity contribution in [3.05, 3.63) is 27.1 Å². The number of fused-ring (bicyclic) bond motifs is 1. The molecule has 0 aromatic carbocycles. The standard InChI is InChI=1S/C16H21N5O3S/c1-10(22)20-5-4-19(8-13(23)9-20)7-12-6-14(24)21-16(17-12)25-15(18-21)11-2-3-11/h6,11,13,23H,2-5,7-9H2,1H3/t13-/m1/s1. The van der Waals surface area contributed by atoms with Gasteiger partial charge in [0.25, 0.3) is 5.56 Å². The number of nitrogens with zero attached hydrogens (tertiary/aromatic N) is 5. The lowest BCUT2D eigenvalue weighted by Crippen LogP contribution is -2.36. The average molecular weight is 363 g/mol. The second-order valence-electron chi connectivity index (χ2n) is 6.85. The molecule has 4 rings (SSSR count). The molecule has 134 valence electrons. The van der Waals surface area contributed by atoms with Crippen LogP contribution < -0.4 is 5.56 Å². The number of β-amino-alcohol motifs (C(OH)–C–C–N with tert-alkyl or cyclic N) is 1. The van der Waals surface area contributed by atoms with E-state index in [0.29, 0.717) is 49.3 Å². The molecule has 3 heterocycles. The number of aliphatic hydroxyl groups excluding tert-OH is 1. The minimum absolute atomic E-state index is 0.0315. The van der Waals surface area contributed by atoms with E-state index in [0.717, 1.165) is 17.8 Å². The van der Waals surface area contributed by atoms with Crippen molar-refractivity contribution in [2.45, 2.75) is 38.3 Å². The first kappa shape index (κ1) is 16.6. The van der Waals surface area contributed by atoms with E-state index in [9.17, 15) is 14.7 Å². The van der Waals surface area contributed by atoms with Gasteiger partial charge in [0, 0.05) is 51.6 Å². The van der Waals surface area contributed by atoms with Gasteiger partial charge in [0.1, 0.15) is 5.01 Å². The van der Waals surface area contributed by atoms with Crippen LogP contribution in [0.2, 0.25) is 0 Å². The molecule has 2 aromatic rings. The number of amides is 1. The minimum Gasteiger partial charge on any atom is -0.390 e. The van der Waals surface area contributed by atoms with E-state index in [2.05, 4.69) is 10.1 Å². The molecule has 1 saturated carbocycles. The Labute approximate surface area is 148 Å². The van der Waals surface area contributed by atoms with Crippen molar-refractivity contribution in [3.63, 3.8) is 0 Å².